The number of ether oxygens (including phenoxy) is 1. The third-order valence-electron chi connectivity index (χ3n) is 4.99. The van der Waals surface area contributed by atoms with Crippen LogP contribution in [-0.2, 0) is 0 Å². The van der Waals surface area contributed by atoms with Crippen LogP contribution >= 0.6 is 12.2 Å². The number of imidazole rings is 1. The van der Waals surface area contributed by atoms with Gasteiger partial charge in [-0.05, 0) is 30.5 Å². The van der Waals surface area contributed by atoms with Gasteiger partial charge in [0.2, 0.25) is 0 Å². The minimum Gasteiger partial charge on any atom is -0.494 e. The van der Waals surface area contributed by atoms with E-state index in [1.165, 1.54) is 26.0 Å². The zero-order valence-electron chi connectivity index (χ0n) is 12.6. The molecule has 3 atom stereocenters. The summed E-state index contributed by atoms with van der Waals surface area (Å²) in [5, 5.41) is 0. The zero-order chi connectivity index (χ0) is 15.1. The zero-order valence-corrected chi connectivity index (χ0v) is 13.5. The van der Waals surface area contributed by atoms with E-state index in [-0.39, 0.29) is 11.6 Å². The van der Waals surface area contributed by atoms with Crippen molar-refractivity contribution >= 4 is 23.3 Å². The predicted molar refractivity (Wildman–Crippen MR) is 84.8 cm³/mol. The molecule has 0 radical (unpaired) electrons. The topological polar surface area (TPSA) is 29.9 Å². The van der Waals surface area contributed by atoms with Crippen LogP contribution in [0.3, 0.4) is 0 Å². The van der Waals surface area contributed by atoms with Crippen molar-refractivity contribution in [2.24, 2.45) is 11.8 Å². The molecule has 114 valence electrons. The molecule has 0 amide bonds. The molecule has 21 heavy (non-hydrogen) atoms. The Morgan fingerprint density at radius 3 is 2.81 bits per heavy atom. The van der Waals surface area contributed by atoms with Gasteiger partial charge in [-0.15, -0.1) is 0 Å². The van der Waals surface area contributed by atoms with Gasteiger partial charge in [0.15, 0.2) is 16.3 Å². The number of hydrogen-bond donors (Lipinski definition) is 1. The van der Waals surface area contributed by atoms with Gasteiger partial charge in [0.25, 0.3) is 0 Å². The molecule has 1 aromatic carbocycles. The number of hydrogen-bond acceptors (Lipinski definition) is 2. The van der Waals surface area contributed by atoms with E-state index in [0.717, 1.165) is 17.5 Å². The smallest absolute Gasteiger partial charge is 0.178 e. The predicted octanol–water partition coefficient (Wildman–Crippen LogP) is 4.84. The summed E-state index contributed by atoms with van der Waals surface area (Å²) in [5.74, 6) is 1.14. The van der Waals surface area contributed by atoms with Gasteiger partial charge in [-0.3, -0.25) is 0 Å². The second-order valence-electron chi connectivity index (χ2n) is 6.14. The molecule has 5 heteroatoms. The average Bonchev–Trinajstić information content (AvgIpc) is 2.76. The summed E-state index contributed by atoms with van der Waals surface area (Å²) in [6.45, 7) is 4.59. The first kappa shape index (κ1) is 14.6. The number of H-pyrrole nitrogens is 1. The van der Waals surface area contributed by atoms with Gasteiger partial charge >= 0.3 is 0 Å². The van der Waals surface area contributed by atoms with E-state index in [4.69, 9.17) is 17.0 Å². The molecule has 2 aromatic rings. The first-order chi connectivity index (χ1) is 10.0. The summed E-state index contributed by atoms with van der Waals surface area (Å²) in [6, 6.07) is 3.59. The number of halogens is 1. The van der Waals surface area contributed by atoms with E-state index < -0.39 is 0 Å². The normalized spacial score (nSPS) is 26.2. The van der Waals surface area contributed by atoms with E-state index in [0.29, 0.717) is 22.6 Å². The Balaban J connectivity index is 2.17. The van der Waals surface area contributed by atoms with E-state index in [2.05, 4.69) is 23.4 Å². The quantitative estimate of drug-likeness (QED) is 0.804. The molecule has 1 saturated carbocycles. The maximum atomic E-state index is 13.9. The molecule has 3 rings (SSSR count). The van der Waals surface area contributed by atoms with Crippen LogP contribution in [0.4, 0.5) is 4.39 Å². The number of nitrogens with zero attached hydrogens (tertiary/aromatic N) is 1. The number of benzene rings is 1. The molecular formula is C16H21FN2OS. The highest BCUT2D eigenvalue weighted by molar-refractivity contribution is 7.71. The third-order valence-corrected chi connectivity index (χ3v) is 5.28. The molecule has 3 nitrogen and oxygen atoms in total. The Morgan fingerprint density at radius 1 is 1.33 bits per heavy atom. The van der Waals surface area contributed by atoms with E-state index >= 15 is 0 Å². The Bertz CT molecular complexity index is 721. The van der Waals surface area contributed by atoms with Crippen LogP contribution in [-0.4, -0.2) is 16.7 Å². The van der Waals surface area contributed by atoms with Crippen LogP contribution in [0.15, 0.2) is 12.1 Å². The summed E-state index contributed by atoms with van der Waals surface area (Å²) in [5.41, 5.74) is 1.67. The van der Waals surface area contributed by atoms with E-state index in [1.807, 2.05) is 0 Å². The standard InChI is InChI=1S/C16H21FN2OS/c1-9-5-4-6-13(10(9)2)19-14-8-15(20-3)11(17)7-12(14)18-16(19)21/h7-10,13H,4-6H2,1-3H3,(H,18,21). The second kappa shape index (κ2) is 5.44. The van der Waals surface area contributed by atoms with Crippen molar-refractivity contribution in [3.63, 3.8) is 0 Å². The summed E-state index contributed by atoms with van der Waals surface area (Å²) in [4.78, 5) is 3.13. The number of fused-ring (bicyclic) bond motifs is 1. The summed E-state index contributed by atoms with van der Waals surface area (Å²) >= 11 is 5.49. The number of nitrogens with one attached hydrogen (secondary N) is 1. The van der Waals surface area contributed by atoms with E-state index in [1.54, 1.807) is 6.07 Å². The Labute approximate surface area is 129 Å². The van der Waals surface area contributed by atoms with Crippen LogP contribution in [0.1, 0.15) is 39.2 Å². The van der Waals surface area contributed by atoms with Crippen LogP contribution in [0.5, 0.6) is 5.75 Å². The Morgan fingerprint density at radius 2 is 2.10 bits per heavy atom. The molecule has 0 bridgehead atoms. The van der Waals surface area contributed by atoms with Crippen molar-refractivity contribution in [3.05, 3.63) is 22.7 Å². The van der Waals surface area contributed by atoms with Gasteiger partial charge in [-0.2, -0.15) is 0 Å². The largest absolute Gasteiger partial charge is 0.494 e. The number of aromatic nitrogens is 2. The molecular weight excluding hydrogens is 287 g/mol. The van der Waals surface area contributed by atoms with Crippen LogP contribution in [0, 0.1) is 22.4 Å². The molecule has 1 aromatic heterocycles. The molecule has 1 fully saturated rings. The molecule has 1 heterocycles. The fourth-order valence-corrected chi connectivity index (χ4v) is 3.87. The molecule has 1 N–H and O–H groups in total. The average molecular weight is 308 g/mol. The minimum absolute atomic E-state index is 0.266. The van der Waals surface area contributed by atoms with Gasteiger partial charge in [0.1, 0.15) is 0 Å². The highest BCUT2D eigenvalue weighted by Gasteiger charge is 2.30. The lowest BCUT2D eigenvalue weighted by atomic mass is 9.78. The molecule has 3 unspecified atom stereocenters. The number of aromatic amines is 1. The Kier molecular flexibility index (Phi) is 3.78. The highest BCUT2D eigenvalue weighted by atomic mass is 32.1. The third kappa shape index (κ3) is 2.37. The summed E-state index contributed by atoms with van der Waals surface area (Å²) < 4.78 is 21.8. The SMILES string of the molecule is COc1cc2c(cc1F)[nH]c(=S)n2C1CCCC(C)C1C. The van der Waals surface area contributed by atoms with Gasteiger partial charge in [-0.1, -0.05) is 26.7 Å². The molecule has 0 saturated heterocycles. The van der Waals surface area contributed by atoms with Crippen molar-refractivity contribution in [1.29, 1.82) is 0 Å². The maximum absolute atomic E-state index is 13.9. The maximum Gasteiger partial charge on any atom is 0.178 e. The van der Waals surface area contributed by atoms with Gasteiger partial charge in [0.05, 0.1) is 18.1 Å². The first-order valence-electron chi connectivity index (χ1n) is 7.50. The number of rotatable bonds is 2. The van der Waals surface area contributed by atoms with Crippen molar-refractivity contribution in [3.8, 4) is 5.75 Å². The van der Waals surface area contributed by atoms with Gasteiger partial charge in [0, 0.05) is 18.2 Å². The van der Waals surface area contributed by atoms with E-state index in [9.17, 15) is 4.39 Å². The fraction of sp³-hybridized carbons (Fsp3) is 0.562. The fourth-order valence-electron chi connectivity index (χ4n) is 3.53. The van der Waals surface area contributed by atoms with Gasteiger partial charge in [-0.25, -0.2) is 4.39 Å². The molecule has 1 aliphatic rings. The van der Waals surface area contributed by atoms with Crippen LogP contribution in [0.25, 0.3) is 11.0 Å². The second-order valence-corrected chi connectivity index (χ2v) is 6.53. The first-order valence-corrected chi connectivity index (χ1v) is 7.91. The van der Waals surface area contributed by atoms with Crippen LogP contribution in [0.2, 0.25) is 0 Å². The lowest BCUT2D eigenvalue weighted by Gasteiger charge is -2.35. The molecule has 0 spiro atoms. The lowest BCUT2D eigenvalue weighted by molar-refractivity contribution is 0.188. The lowest BCUT2D eigenvalue weighted by Crippen LogP contribution is -2.27. The molecule has 0 aliphatic heterocycles. The minimum atomic E-state index is -0.363. The van der Waals surface area contributed by atoms with Crippen molar-refractivity contribution in [2.45, 2.75) is 39.2 Å². The van der Waals surface area contributed by atoms with Crippen molar-refractivity contribution < 1.29 is 9.13 Å². The Hall–Kier alpha value is -1.36. The number of methoxy groups -OCH3 is 1. The van der Waals surface area contributed by atoms with Gasteiger partial charge < -0.3 is 14.3 Å². The van der Waals surface area contributed by atoms with Crippen LogP contribution < -0.4 is 4.74 Å². The summed E-state index contributed by atoms with van der Waals surface area (Å²) in [7, 11) is 1.49. The van der Waals surface area contributed by atoms with Crippen molar-refractivity contribution in [2.75, 3.05) is 7.11 Å². The monoisotopic (exact) mass is 308 g/mol. The highest BCUT2D eigenvalue weighted by Crippen LogP contribution is 2.40. The molecule has 1 aliphatic carbocycles. The van der Waals surface area contributed by atoms with Crippen molar-refractivity contribution in [1.82, 2.24) is 9.55 Å². The summed E-state index contributed by atoms with van der Waals surface area (Å²) in [6.07, 6.45) is 3.60.